The first-order valence-corrected chi connectivity index (χ1v) is 8.76. The lowest BCUT2D eigenvalue weighted by molar-refractivity contribution is -0.137. The molecule has 0 spiro atoms. The molecule has 0 aliphatic rings. The van der Waals surface area contributed by atoms with Gasteiger partial charge in [-0.1, -0.05) is 41.4 Å². The Labute approximate surface area is 157 Å². The van der Waals surface area contributed by atoms with Gasteiger partial charge < -0.3 is 10.0 Å². The Kier molecular flexibility index (Phi) is 6.85. The van der Waals surface area contributed by atoms with E-state index in [4.69, 9.17) is 28.3 Å². The van der Waals surface area contributed by atoms with Crippen LogP contribution in [0.1, 0.15) is 35.7 Å². The standard InChI is InChI=1S/C19H19Cl2NO3/c1-2-22(19(25)15-11-10-14(20)12-16(15)21)17-8-4-3-6-13(17)7-5-9-18(23)24/h3-4,6,8,10-12H,2,5,7,9H2,1H3,(H,23,24). The molecule has 0 atom stereocenters. The lowest BCUT2D eigenvalue weighted by Crippen LogP contribution is -2.31. The summed E-state index contributed by atoms with van der Waals surface area (Å²) in [5.74, 6) is -1.04. The number of hydrogen-bond donors (Lipinski definition) is 1. The van der Waals surface area contributed by atoms with Gasteiger partial charge in [-0.2, -0.15) is 0 Å². The SMILES string of the molecule is CCN(C(=O)c1ccc(Cl)cc1Cl)c1ccccc1CCCC(=O)O. The van der Waals surface area contributed by atoms with Gasteiger partial charge in [0.1, 0.15) is 0 Å². The molecule has 2 rings (SSSR count). The molecule has 4 nitrogen and oxygen atoms in total. The summed E-state index contributed by atoms with van der Waals surface area (Å²) >= 11 is 12.1. The molecule has 0 saturated heterocycles. The highest BCUT2D eigenvalue weighted by Crippen LogP contribution is 2.27. The quantitative estimate of drug-likeness (QED) is 0.730. The highest BCUT2D eigenvalue weighted by atomic mass is 35.5. The zero-order chi connectivity index (χ0) is 18.4. The van der Waals surface area contributed by atoms with Crippen molar-refractivity contribution in [1.82, 2.24) is 0 Å². The number of anilines is 1. The van der Waals surface area contributed by atoms with Crippen molar-refractivity contribution in [3.05, 3.63) is 63.6 Å². The Balaban J connectivity index is 2.30. The smallest absolute Gasteiger partial charge is 0.303 e. The van der Waals surface area contributed by atoms with Crippen LogP contribution in [0.4, 0.5) is 5.69 Å². The minimum Gasteiger partial charge on any atom is -0.481 e. The van der Waals surface area contributed by atoms with Gasteiger partial charge in [0.2, 0.25) is 0 Å². The van der Waals surface area contributed by atoms with Crippen LogP contribution >= 0.6 is 23.2 Å². The van der Waals surface area contributed by atoms with Gasteiger partial charge in [0, 0.05) is 23.7 Å². The van der Waals surface area contributed by atoms with E-state index in [2.05, 4.69) is 0 Å². The highest BCUT2D eigenvalue weighted by molar-refractivity contribution is 6.37. The molecule has 2 aromatic carbocycles. The number of hydrogen-bond acceptors (Lipinski definition) is 2. The Morgan fingerprint density at radius 2 is 1.84 bits per heavy atom. The second kappa shape index (κ2) is 8.88. The van der Waals surface area contributed by atoms with Crippen LogP contribution in [0.25, 0.3) is 0 Å². The van der Waals surface area contributed by atoms with Crippen molar-refractivity contribution in [2.45, 2.75) is 26.2 Å². The molecule has 0 saturated carbocycles. The van der Waals surface area contributed by atoms with Gasteiger partial charge >= 0.3 is 5.97 Å². The van der Waals surface area contributed by atoms with Crippen molar-refractivity contribution in [1.29, 1.82) is 0 Å². The summed E-state index contributed by atoms with van der Waals surface area (Å²) in [6, 6.07) is 12.3. The first kappa shape index (κ1) is 19.3. The molecule has 0 fully saturated rings. The van der Waals surface area contributed by atoms with Crippen molar-refractivity contribution in [2.24, 2.45) is 0 Å². The molecule has 0 aromatic heterocycles. The third kappa shape index (κ3) is 4.97. The van der Waals surface area contributed by atoms with Crippen LogP contribution in [-0.4, -0.2) is 23.5 Å². The van der Waals surface area contributed by atoms with Gasteiger partial charge in [0.15, 0.2) is 0 Å². The summed E-state index contributed by atoms with van der Waals surface area (Å²) in [7, 11) is 0. The molecule has 1 N–H and O–H groups in total. The Morgan fingerprint density at radius 3 is 2.48 bits per heavy atom. The number of carboxylic acid groups (broad SMARTS) is 1. The Bertz CT molecular complexity index is 777. The summed E-state index contributed by atoms with van der Waals surface area (Å²) in [5, 5.41) is 9.59. The number of carbonyl (C=O) groups is 2. The van der Waals surface area contributed by atoms with Crippen LogP contribution in [0.5, 0.6) is 0 Å². The average molecular weight is 380 g/mol. The number of benzene rings is 2. The molecule has 0 aliphatic heterocycles. The van der Waals surface area contributed by atoms with Crippen LogP contribution in [0.15, 0.2) is 42.5 Å². The molecular weight excluding hydrogens is 361 g/mol. The van der Waals surface area contributed by atoms with E-state index in [1.165, 1.54) is 0 Å². The number of para-hydroxylation sites is 1. The molecule has 0 radical (unpaired) electrons. The zero-order valence-corrected chi connectivity index (χ0v) is 15.3. The van der Waals surface area contributed by atoms with E-state index in [9.17, 15) is 9.59 Å². The summed E-state index contributed by atoms with van der Waals surface area (Å²) in [6.45, 7) is 2.35. The minimum atomic E-state index is -0.825. The van der Waals surface area contributed by atoms with Crippen LogP contribution in [-0.2, 0) is 11.2 Å². The predicted molar refractivity (Wildman–Crippen MR) is 101 cm³/mol. The van der Waals surface area contributed by atoms with Crippen molar-refractivity contribution >= 4 is 40.8 Å². The van der Waals surface area contributed by atoms with Gasteiger partial charge in [-0.25, -0.2) is 0 Å². The molecule has 1 amide bonds. The van der Waals surface area contributed by atoms with Gasteiger partial charge in [-0.3, -0.25) is 9.59 Å². The molecule has 0 heterocycles. The number of aliphatic carboxylic acids is 1. The first-order chi connectivity index (χ1) is 11.9. The highest BCUT2D eigenvalue weighted by Gasteiger charge is 2.21. The summed E-state index contributed by atoms with van der Waals surface area (Å²) < 4.78 is 0. The molecule has 0 bridgehead atoms. The molecule has 6 heteroatoms. The molecule has 0 aliphatic carbocycles. The lowest BCUT2D eigenvalue weighted by atomic mass is 10.0. The second-order valence-corrected chi connectivity index (χ2v) is 6.39. The largest absolute Gasteiger partial charge is 0.481 e. The van der Waals surface area contributed by atoms with Gasteiger partial charge in [0.25, 0.3) is 5.91 Å². The lowest BCUT2D eigenvalue weighted by Gasteiger charge is -2.24. The molecule has 0 unspecified atom stereocenters. The van der Waals surface area contributed by atoms with Crippen molar-refractivity contribution in [2.75, 3.05) is 11.4 Å². The van der Waals surface area contributed by atoms with Crippen LogP contribution in [0, 0.1) is 0 Å². The fourth-order valence-corrected chi connectivity index (χ4v) is 3.14. The van der Waals surface area contributed by atoms with Crippen molar-refractivity contribution in [3.63, 3.8) is 0 Å². The topological polar surface area (TPSA) is 57.6 Å². The number of rotatable bonds is 7. The van der Waals surface area contributed by atoms with Gasteiger partial charge in [-0.05, 0) is 49.6 Å². The van der Waals surface area contributed by atoms with Crippen LogP contribution in [0.2, 0.25) is 10.0 Å². The maximum Gasteiger partial charge on any atom is 0.303 e. The van der Waals surface area contributed by atoms with E-state index in [-0.39, 0.29) is 12.3 Å². The third-order valence-electron chi connectivity index (χ3n) is 3.84. The number of aryl methyl sites for hydroxylation is 1. The summed E-state index contributed by atoms with van der Waals surface area (Å²) in [5.41, 5.74) is 2.09. The number of nitrogens with zero attached hydrogens (tertiary/aromatic N) is 1. The van der Waals surface area contributed by atoms with Crippen molar-refractivity contribution in [3.8, 4) is 0 Å². The van der Waals surface area contributed by atoms with E-state index >= 15 is 0 Å². The Morgan fingerprint density at radius 1 is 1.12 bits per heavy atom. The predicted octanol–water partition coefficient (Wildman–Crippen LogP) is 5.07. The fraction of sp³-hybridized carbons (Fsp3) is 0.263. The van der Waals surface area contributed by atoms with E-state index in [1.807, 2.05) is 31.2 Å². The fourth-order valence-electron chi connectivity index (χ4n) is 2.65. The maximum absolute atomic E-state index is 12.9. The molecule has 2 aromatic rings. The molecule has 25 heavy (non-hydrogen) atoms. The Hall–Kier alpha value is -2.04. The van der Waals surface area contributed by atoms with E-state index in [0.29, 0.717) is 35.0 Å². The van der Waals surface area contributed by atoms with E-state index in [0.717, 1.165) is 11.3 Å². The number of halogens is 2. The third-order valence-corrected chi connectivity index (χ3v) is 4.39. The van der Waals surface area contributed by atoms with Crippen molar-refractivity contribution < 1.29 is 14.7 Å². The minimum absolute atomic E-state index is 0.0947. The van der Waals surface area contributed by atoms with Crippen LogP contribution in [0.3, 0.4) is 0 Å². The average Bonchev–Trinajstić information content (AvgIpc) is 2.56. The normalized spacial score (nSPS) is 10.5. The monoisotopic (exact) mass is 379 g/mol. The maximum atomic E-state index is 12.9. The number of carboxylic acids is 1. The summed E-state index contributed by atoms with van der Waals surface area (Å²) in [4.78, 5) is 25.3. The van der Waals surface area contributed by atoms with E-state index in [1.54, 1.807) is 23.1 Å². The molecular formula is C19H19Cl2NO3. The van der Waals surface area contributed by atoms with Crippen LogP contribution < -0.4 is 4.90 Å². The van der Waals surface area contributed by atoms with Gasteiger partial charge in [0.05, 0.1) is 10.6 Å². The molecule has 132 valence electrons. The first-order valence-electron chi connectivity index (χ1n) is 8.00. The number of amides is 1. The summed E-state index contributed by atoms with van der Waals surface area (Å²) in [6.07, 6.45) is 1.19. The van der Waals surface area contributed by atoms with E-state index < -0.39 is 5.97 Å². The second-order valence-electron chi connectivity index (χ2n) is 5.55. The van der Waals surface area contributed by atoms with Gasteiger partial charge in [-0.15, -0.1) is 0 Å². The zero-order valence-electron chi connectivity index (χ0n) is 13.8. The number of carbonyl (C=O) groups excluding carboxylic acids is 1.